The fourth-order valence-corrected chi connectivity index (χ4v) is 11.8. The first-order chi connectivity index (χ1) is 35.7. The number of hydrogen-bond acceptors (Lipinski definition) is 1. The van der Waals surface area contributed by atoms with Crippen LogP contribution in [0.2, 0.25) is 0 Å². The summed E-state index contributed by atoms with van der Waals surface area (Å²) in [6.07, 6.45) is 0. The maximum atomic E-state index is 5.73. The molecule has 3 nitrogen and oxygen atoms in total. The van der Waals surface area contributed by atoms with Crippen LogP contribution in [0, 0.1) is 0 Å². The third-order valence-corrected chi connectivity index (χ3v) is 15.1. The predicted molar refractivity (Wildman–Crippen MR) is 305 cm³/mol. The number of aromatic nitrogens is 3. The summed E-state index contributed by atoms with van der Waals surface area (Å²) in [5.74, 6) is 0.897. The van der Waals surface area contributed by atoms with Crippen LogP contribution in [-0.2, 0) is 0 Å². The lowest BCUT2D eigenvalue weighted by atomic mass is 9.89. The largest absolute Gasteiger partial charge is 0.309 e. The van der Waals surface area contributed by atoms with Gasteiger partial charge in [-0.05, 0) is 132 Å². The fourth-order valence-electron chi connectivity index (χ4n) is 11.8. The Kier molecular flexibility index (Phi) is 8.96. The van der Waals surface area contributed by atoms with Crippen molar-refractivity contribution in [1.82, 2.24) is 14.1 Å². The third-order valence-electron chi connectivity index (χ3n) is 15.1. The van der Waals surface area contributed by atoms with Crippen molar-refractivity contribution in [2.75, 3.05) is 0 Å². The van der Waals surface area contributed by atoms with E-state index in [9.17, 15) is 0 Å². The number of benzene rings is 13. The molecular formula is C69H43N3. The fraction of sp³-hybridized carbons (Fsp3) is 0. The molecule has 0 radical (unpaired) electrons. The van der Waals surface area contributed by atoms with Gasteiger partial charge in [-0.2, -0.15) is 0 Å². The molecule has 72 heavy (non-hydrogen) atoms. The average molecular weight is 914 g/mol. The van der Waals surface area contributed by atoms with Gasteiger partial charge in [0, 0.05) is 38.2 Å². The van der Waals surface area contributed by atoms with E-state index in [1.54, 1.807) is 0 Å². The monoisotopic (exact) mass is 913 g/mol. The molecule has 0 saturated heterocycles. The van der Waals surface area contributed by atoms with Crippen molar-refractivity contribution in [3.05, 3.63) is 261 Å². The van der Waals surface area contributed by atoms with Crippen LogP contribution in [0.1, 0.15) is 0 Å². The highest BCUT2D eigenvalue weighted by Gasteiger charge is 2.24. The molecule has 0 amide bonds. The van der Waals surface area contributed by atoms with E-state index in [1.165, 1.54) is 98.3 Å². The van der Waals surface area contributed by atoms with E-state index in [2.05, 4.69) is 270 Å². The number of fused-ring (bicyclic) bond motifs is 12. The molecule has 15 aromatic rings. The summed E-state index contributed by atoms with van der Waals surface area (Å²) in [6, 6.07) is 95.4. The van der Waals surface area contributed by atoms with Gasteiger partial charge in [0.1, 0.15) is 5.82 Å². The summed E-state index contributed by atoms with van der Waals surface area (Å²) in [6.45, 7) is 0. The lowest BCUT2D eigenvalue weighted by Crippen LogP contribution is -2.01. The Morgan fingerprint density at radius 2 is 0.750 bits per heavy atom. The van der Waals surface area contributed by atoms with E-state index in [1.807, 2.05) is 0 Å². The topological polar surface area (TPSA) is 22.8 Å². The zero-order chi connectivity index (χ0) is 47.3. The predicted octanol–water partition coefficient (Wildman–Crippen LogP) is 18.6. The van der Waals surface area contributed by atoms with E-state index in [0.29, 0.717) is 0 Å². The second kappa shape index (κ2) is 16.0. The number of hydrogen-bond donors (Lipinski definition) is 0. The second-order valence-electron chi connectivity index (χ2n) is 19.0. The Labute approximate surface area is 415 Å². The molecule has 0 N–H and O–H groups in total. The van der Waals surface area contributed by atoms with E-state index in [4.69, 9.17) is 4.98 Å². The number of rotatable bonds is 6. The Morgan fingerprint density at radius 3 is 1.35 bits per heavy atom. The molecule has 0 atom stereocenters. The van der Waals surface area contributed by atoms with Crippen molar-refractivity contribution in [3.8, 4) is 56.1 Å². The van der Waals surface area contributed by atoms with Crippen LogP contribution in [0.4, 0.5) is 0 Å². The first-order valence-corrected chi connectivity index (χ1v) is 24.8. The van der Waals surface area contributed by atoms with Gasteiger partial charge in [0.2, 0.25) is 0 Å². The molecule has 334 valence electrons. The van der Waals surface area contributed by atoms with Gasteiger partial charge < -0.3 is 4.57 Å². The highest BCUT2D eigenvalue weighted by Crippen LogP contribution is 2.45. The molecule has 13 aromatic carbocycles. The minimum Gasteiger partial charge on any atom is -0.309 e. The van der Waals surface area contributed by atoms with Gasteiger partial charge in [-0.15, -0.1) is 0 Å². The van der Waals surface area contributed by atoms with Crippen LogP contribution in [0.5, 0.6) is 0 Å². The molecule has 2 heterocycles. The van der Waals surface area contributed by atoms with Crippen LogP contribution in [0.15, 0.2) is 261 Å². The first kappa shape index (κ1) is 40.3. The molecule has 0 saturated carbocycles. The standard InChI is InChI=1S/C69H43N3/c1-3-17-44(18-4-1)47-33-38-64-61(42-47)62-43-48(45-19-5-2-6-20-45)34-39-65(62)71(64)51-35-31-46(32-36-51)69-70-67-59-29-15-12-25-54(59)55-26-13-16-30-60(55)68(67)72(69)63-40-37-58(56-27-11-14-28-57(56)63)66-52-23-9-7-21-49(52)41-50-22-8-10-24-53(50)66/h1-43H. The van der Waals surface area contributed by atoms with Crippen LogP contribution < -0.4 is 0 Å². The lowest BCUT2D eigenvalue weighted by molar-refractivity contribution is 1.12. The van der Waals surface area contributed by atoms with Crippen molar-refractivity contribution in [2.45, 2.75) is 0 Å². The molecule has 0 aliphatic heterocycles. The van der Waals surface area contributed by atoms with Crippen molar-refractivity contribution in [1.29, 1.82) is 0 Å². The van der Waals surface area contributed by atoms with E-state index in [0.717, 1.165) is 44.6 Å². The van der Waals surface area contributed by atoms with Gasteiger partial charge in [-0.3, -0.25) is 4.57 Å². The summed E-state index contributed by atoms with van der Waals surface area (Å²) < 4.78 is 4.87. The van der Waals surface area contributed by atoms with Crippen LogP contribution in [-0.4, -0.2) is 14.1 Å². The van der Waals surface area contributed by atoms with Gasteiger partial charge in [0.05, 0.1) is 27.8 Å². The summed E-state index contributed by atoms with van der Waals surface area (Å²) in [7, 11) is 0. The molecule has 0 fully saturated rings. The number of nitrogens with zero attached hydrogens (tertiary/aromatic N) is 3. The highest BCUT2D eigenvalue weighted by molar-refractivity contribution is 6.25. The summed E-state index contributed by atoms with van der Waals surface area (Å²) in [4.78, 5) is 5.73. The van der Waals surface area contributed by atoms with Crippen LogP contribution >= 0.6 is 0 Å². The zero-order valence-corrected chi connectivity index (χ0v) is 39.2. The Morgan fingerprint density at radius 1 is 0.278 bits per heavy atom. The molecule has 2 aromatic heterocycles. The van der Waals surface area contributed by atoms with Gasteiger partial charge in [0.25, 0.3) is 0 Å². The third kappa shape index (κ3) is 6.14. The number of imidazole rings is 1. The van der Waals surface area contributed by atoms with Crippen molar-refractivity contribution < 1.29 is 0 Å². The SMILES string of the molecule is c1ccc(-c2ccc3c(c2)c2cc(-c4ccccc4)ccc2n3-c2ccc(-c3nc4c5ccccc5c5ccccc5c4n3-c3ccc(-c4c5ccccc5cc5ccccc45)c4ccccc34)cc2)cc1. The average Bonchev–Trinajstić information content (AvgIpc) is 4.01. The highest BCUT2D eigenvalue weighted by atomic mass is 15.1. The molecule has 0 bridgehead atoms. The quantitative estimate of drug-likeness (QED) is 0.120. The molecule has 15 rings (SSSR count). The zero-order valence-electron chi connectivity index (χ0n) is 39.2. The second-order valence-corrected chi connectivity index (χ2v) is 19.0. The van der Waals surface area contributed by atoms with Gasteiger partial charge >= 0.3 is 0 Å². The smallest absolute Gasteiger partial charge is 0.145 e. The maximum Gasteiger partial charge on any atom is 0.145 e. The van der Waals surface area contributed by atoms with E-state index < -0.39 is 0 Å². The summed E-state index contributed by atoms with van der Waals surface area (Å²) in [5, 5.41) is 14.5. The van der Waals surface area contributed by atoms with E-state index in [-0.39, 0.29) is 0 Å². The first-order valence-electron chi connectivity index (χ1n) is 24.8. The molecule has 0 spiro atoms. The van der Waals surface area contributed by atoms with E-state index >= 15 is 0 Å². The summed E-state index contributed by atoms with van der Waals surface area (Å²) >= 11 is 0. The Balaban J connectivity index is 0.968. The molecule has 3 heteroatoms. The maximum absolute atomic E-state index is 5.73. The lowest BCUT2D eigenvalue weighted by Gasteiger charge is -2.19. The van der Waals surface area contributed by atoms with Crippen LogP contribution in [0.25, 0.3) is 143 Å². The molecule has 0 aliphatic rings. The van der Waals surface area contributed by atoms with Crippen LogP contribution in [0.3, 0.4) is 0 Å². The molecular weight excluding hydrogens is 871 g/mol. The molecule has 0 aliphatic carbocycles. The van der Waals surface area contributed by atoms with Crippen molar-refractivity contribution in [3.63, 3.8) is 0 Å². The molecule has 0 unspecified atom stereocenters. The van der Waals surface area contributed by atoms with Crippen molar-refractivity contribution >= 4 is 86.7 Å². The van der Waals surface area contributed by atoms with Gasteiger partial charge in [-0.1, -0.05) is 200 Å². The van der Waals surface area contributed by atoms with Gasteiger partial charge in [-0.25, -0.2) is 4.98 Å². The minimum atomic E-state index is 0.897. The summed E-state index contributed by atoms with van der Waals surface area (Å²) in [5.41, 5.74) is 14.9. The Hall–Kier alpha value is -9.57. The minimum absolute atomic E-state index is 0.897. The Bertz CT molecular complexity index is 4510. The normalized spacial score (nSPS) is 11.9. The van der Waals surface area contributed by atoms with Crippen molar-refractivity contribution in [2.24, 2.45) is 0 Å². The van der Waals surface area contributed by atoms with Gasteiger partial charge in [0.15, 0.2) is 0 Å².